The highest BCUT2D eigenvalue weighted by molar-refractivity contribution is 6.04. The van der Waals surface area contributed by atoms with Gasteiger partial charge in [-0.3, -0.25) is 0 Å². The molecular formula is C34H32O4. The first-order valence-corrected chi connectivity index (χ1v) is 12.7. The molecule has 4 aromatic rings. The monoisotopic (exact) mass is 504 g/mol. The van der Waals surface area contributed by atoms with Crippen LogP contribution in [-0.2, 0) is 32.1 Å². The first kappa shape index (κ1) is 26.6. The van der Waals surface area contributed by atoms with Gasteiger partial charge in [0.15, 0.2) is 0 Å². The summed E-state index contributed by atoms with van der Waals surface area (Å²) in [7, 11) is 0. The normalized spacial score (nSPS) is 10.7. The number of carbonyl (C=O) groups excluding carboxylic acids is 2. The predicted molar refractivity (Wildman–Crippen MR) is 154 cm³/mol. The lowest BCUT2D eigenvalue weighted by Gasteiger charge is -2.13. The standard InChI is InChI=1S/C34H32O4/c1-23(2)33(35)37-21-7-8-25-11-15-27(16-12-25)29-19-20-30(32-10-6-5-9-31(29)32)28-17-13-26(14-18-28)22-38-34(36)24(3)4/h5-6,9-20H,1,3,7-8,21-22H2,2,4H3. The Bertz CT molecular complexity index is 1480. The number of esters is 2. The van der Waals surface area contributed by atoms with Crippen LogP contribution in [-0.4, -0.2) is 18.5 Å². The van der Waals surface area contributed by atoms with Crippen LogP contribution in [0.1, 0.15) is 31.4 Å². The van der Waals surface area contributed by atoms with E-state index in [9.17, 15) is 9.59 Å². The van der Waals surface area contributed by atoms with Crippen molar-refractivity contribution >= 4 is 22.7 Å². The quantitative estimate of drug-likeness (QED) is 0.125. The van der Waals surface area contributed by atoms with Crippen LogP contribution >= 0.6 is 0 Å². The minimum atomic E-state index is -0.382. The van der Waals surface area contributed by atoms with Crippen LogP contribution in [0.3, 0.4) is 0 Å². The van der Waals surface area contributed by atoms with Crippen molar-refractivity contribution in [2.75, 3.05) is 6.61 Å². The summed E-state index contributed by atoms with van der Waals surface area (Å²) in [6, 6.07) is 29.4. The largest absolute Gasteiger partial charge is 0.462 e. The molecule has 192 valence electrons. The molecule has 0 unspecified atom stereocenters. The Hall–Kier alpha value is -4.44. The van der Waals surface area contributed by atoms with E-state index in [4.69, 9.17) is 9.47 Å². The van der Waals surface area contributed by atoms with E-state index in [2.05, 4.69) is 86.0 Å². The van der Waals surface area contributed by atoms with Crippen LogP contribution in [0.2, 0.25) is 0 Å². The van der Waals surface area contributed by atoms with Crippen molar-refractivity contribution in [3.8, 4) is 22.3 Å². The summed E-state index contributed by atoms with van der Waals surface area (Å²) in [5, 5.41) is 2.36. The molecule has 0 aromatic heterocycles. The molecule has 0 N–H and O–H groups in total. The van der Waals surface area contributed by atoms with Crippen molar-refractivity contribution in [3.63, 3.8) is 0 Å². The van der Waals surface area contributed by atoms with E-state index in [1.165, 1.54) is 21.9 Å². The Morgan fingerprint density at radius 2 is 1.11 bits per heavy atom. The molecule has 0 saturated heterocycles. The number of benzene rings is 4. The lowest BCUT2D eigenvalue weighted by molar-refractivity contribution is -0.140. The summed E-state index contributed by atoms with van der Waals surface area (Å²) < 4.78 is 10.5. The molecule has 0 bridgehead atoms. The van der Waals surface area contributed by atoms with Gasteiger partial charge in [0.2, 0.25) is 0 Å². The van der Waals surface area contributed by atoms with Gasteiger partial charge in [0, 0.05) is 11.1 Å². The second-order valence-corrected chi connectivity index (χ2v) is 9.48. The fourth-order valence-corrected chi connectivity index (χ4v) is 4.27. The third-order valence-electron chi connectivity index (χ3n) is 6.36. The van der Waals surface area contributed by atoms with E-state index in [1.54, 1.807) is 13.8 Å². The first-order chi connectivity index (χ1) is 18.3. The van der Waals surface area contributed by atoms with Crippen molar-refractivity contribution in [3.05, 3.63) is 120 Å². The first-order valence-electron chi connectivity index (χ1n) is 12.7. The SMILES string of the molecule is C=C(C)C(=O)OCCCc1ccc(-c2ccc(-c3ccc(COC(=O)C(=C)C)cc3)c3ccccc23)cc1. The Labute approximate surface area is 224 Å². The zero-order valence-corrected chi connectivity index (χ0v) is 22.0. The average molecular weight is 505 g/mol. The average Bonchev–Trinajstić information content (AvgIpc) is 2.94. The van der Waals surface area contributed by atoms with Crippen molar-refractivity contribution < 1.29 is 19.1 Å². The molecule has 0 heterocycles. The maximum atomic E-state index is 11.7. The number of aryl methyl sites for hydroxylation is 1. The van der Waals surface area contributed by atoms with E-state index in [-0.39, 0.29) is 18.5 Å². The van der Waals surface area contributed by atoms with Gasteiger partial charge in [-0.15, -0.1) is 0 Å². The maximum Gasteiger partial charge on any atom is 0.333 e. The van der Waals surface area contributed by atoms with Crippen molar-refractivity contribution in [2.24, 2.45) is 0 Å². The molecule has 0 aliphatic heterocycles. The number of hydrogen-bond donors (Lipinski definition) is 0. The Balaban J connectivity index is 1.50. The summed E-state index contributed by atoms with van der Waals surface area (Å²) in [5.74, 6) is -0.719. The van der Waals surface area contributed by atoms with Crippen molar-refractivity contribution in [1.82, 2.24) is 0 Å². The molecule has 0 amide bonds. The van der Waals surface area contributed by atoms with Crippen molar-refractivity contribution in [1.29, 1.82) is 0 Å². The molecule has 4 nitrogen and oxygen atoms in total. The summed E-state index contributed by atoms with van der Waals surface area (Å²) in [6.45, 7) is 11.1. The third kappa shape index (κ3) is 6.46. The van der Waals surface area contributed by atoms with E-state index in [1.807, 2.05) is 12.1 Å². The van der Waals surface area contributed by atoms with Crippen molar-refractivity contribution in [2.45, 2.75) is 33.3 Å². The lowest BCUT2D eigenvalue weighted by atomic mass is 9.91. The topological polar surface area (TPSA) is 52.6 Å². The van der Waals surface area contributed by atoms with Gasteiger partial charge in [-0.1, -0.05) is 98.1 Å². The summed E-state index contributed by atoms with van der Waals surface area (Å²) in [4.78, 5) is 23.2. The van der Waals surface area contributed by atoms with Gasteiger partial charge in [0.1, 0.15) is 6.61 Å². The molecule has 0 fully saturated rings. The summed E-state index contributed by atoms with van der Waals surface area (Å²) in [5.41, 5.74) is 7.53. The highest BCUT2D eigenvalue weighted by Gasteiger charge is 2.10. The maximum absolute atomic E-state index is 11.7. The summed E-state index contributed by atoms with van der Waals surface area (Å²) >= 11 is 0. The Morgan fingerprint density at radius 1 is 0.632 bits per heavy atom. The smallest absolute Gasteiger partial charge is 0.333 e. The zero-order chi connectivity index (χ0) is 27.1. The lowest BCUT2D eigenvalue weighted by Crippen LogP contribution is -2.06. The van der Waals surface area contributed by atoms with Crippen LogP contribution in [0.15, 0.2) is 109 Å². The molecule has 38 heavy (non-hydrogen) atoms. The van der Waals surface area contributed by atoms with Crippen LogP contribution in [0.25, 0.3) is 33.0 Å². The van der Waals surface area contributed by atoms with Crippen LogP contribution in [0.4, 0.5) is 0 Å². The number of carbonyl (C=O) groups is 2. The highest BCUT2D eigenvalue weighted by atomic mass is 16.5. The number of fused-ring (bicyclic) bond motifs is 1. The minimum absolute atomic E-state index is 0.224. The van der Waals surface area contributed by atoms with E-state index < -0.39 is 0 Å². The van der Waals surface area contributed by atoms with Gasteiger partial charge in [-0.25, -0.2) is 9.59 Å². The Morgan fingerprint density at radius 3 is 1.61 bits per heavy atom. The molecule has 0 spiro atoms. The predicted octanol–water partition coefficient (Wildman–Crippen LogP) is 7.85. The second-order valence-electron chi connectivity index (χ2n) is 9.48. The molecular weight excluding hydrogens is 472 g/mol. The zero-order valence-electron chi connectivity index (χ0n) is 22.0. The van der Waals surface area contributed by atoms with E-state index in [0.717, 1.165) is 35.1 Å². The second kappa shape index (κ2) is 12.2. The molecule has 0 atom stereocenters. The van der Waals surface area contributed by atoms with Gasteiger partial charge in [-0.2, -0.15) is 0 Å². The van der Waals surface area contributed by atoms with Gasteiger partial charge in [-0.05, 0) is 70.8 Å². The van der Waals surface area contributed by atoms with Gasteiger partial charge >= 0.3 is 11.9 Å². The van der Waals surface area contributed by atoms with E-state index in [0.29, 0.717) is 17.8 Å². The third-order valence-corrected chi connectivity index (χ3v) is 6.36. The minimum Gasteiger partial charge on any atom is -0.462 e. The molecule has 4 rings (SSSR count). The fourth-order valence-electron chi connectivity index (χ4n) is 4.27. The molecule has 4 heteroatoms. The molecule has 0 aliphatic rings. The van der Waals surface area contributed by atoms with E-state index >= 15 is 0 Å². The van der Waals surface area contributed by atoms with Gasteiger partial charge in [0.25, 0.3) is 0 Å². The molecule has 4 aromatic carbocycles. The number of rotatable bonds is 10. The highest BCUT2D eigenvalue weighted by Crippen LogP contribution is 2.36. The number of ether oxygens (including phenoxy) is 2. The molecule has 0 radical (unpaired) electrons. The molecule has 0 aliphatic carbocycles. The Kier molecular flexibility index (Phi) is 8.55. The molecule has 0 saturated carbocycles. The van der Waals surface area contributed by atoms with Gasteiger partial charge < -0.3 is 9.47 Å². The summed E-state index contributed by atoms with van der Waals surface area (Å²) in [6.07, 6.45) is 1.61. The fraction of sp³-hybridized carbons (Fsp3) is 0.176. The van der Waals surface area contributed by atoms with Gasteiger partial charge in [0.05, 0.1) is 6.61 Å². The van der Waals surface area contributed by atoms with Crippen LogP contribution in [0.5, 0.6) is 0 Å². The van der Waals surface area contributed by atoms with Crippen LogP contribution < -0.4 is 0 Å². The van der Waals surface area contributed by atoms with Crippen LogP contribution in [0, 0.1) is 0 Å². The number of hydrogen-bond acceptors (Lipinski definition) is 4.